The first kappa shape index (κ1) is 14.7. The molecule has 0 radical (unpaired) electrons. The maximum absolute atomic E-state index is 12.3. The summed E-state index contributed by atoms with van der Waals surface area (Å²) in [6.45, 7) is 3.23. The molecule has 1 saturated heterocycles. The van der Waals surface area contributed by atoms with Gasteiger partial charge in [-0.3, -0.25) is 4.79 Å². The molecule has 3 rings (SSSR count). The topological polar surface area (TPSA) is 77.8 Å². The summed E-state index contributed by atoms with van der Waals surface area (Å²) in [6, 6.07) is 8.35. The Balaban J connectivity index is 1.83. The Kier molecular flexibility index (Phi) is 4.22. The van der Waals surface area contributed by atoms with Gasteiger partial charge < -0.3 is 19.2 Å². The maximum atomic E-state index is 12.3. The smallest absolute Gasteiger partial charge is 0.349 e. The van der Waals surface area contributed by atoms with Crippen LogP contribution in [0.4, 0.5) is 0 Å². The van der Waals surface area contributed by atoms with Gasteiger partial charge >= 0.3 is 5.63 Å². The molecule has 2 aromatic rings. The first-order valence-corrected chi connectivity index (χ1v) is 7.22. The number of hydrogen-bond donors (Lipinski definition) is 1. The van der Waals surface area contributed by atoms with E-state index in [0.717, 1.165) is 0 Å². The predicted octanol–water partition coefficient (Wildman–Crippen LogP) is 1.33. The number of fused-ring (bicyclic) bond motifs is 1. The average molecular weight is 303 g/mol. The van der Waals surface area contributed by atoms with Crippen LogP contribution < -0.4 is 10.9 Å². The summed E-state index contributed by atoms with van der Waals surface area (Å²) < 4.78 is 16.0. The molecule has 0 bridgehead atoms. The van der Waals surface area contributed by atoms with Crippen LogP contribution in [0.15, 0.2) is 39.5 Å². The van der Waals surface area contributed by atoms with Crippen LogP contribution in [0.3, 0.4) is 0 Å². The Labute approximate surface area is 127 Å². The summed E-state index contributed by atoms with van der Waals surface area (Å²) >= 11 is 0. The van der Waals surface area contributed by atoms with Gasteiger partial charge in [0.05, 0.1) is 19.3 Å². The Hall–Kier alpha value is -2.18. The molecule has 1 aromatic carbocycles. The van der Waals surface area contributed by atoms with Crippen molar-refractivity contribution in [1.82, 2.24) is 5.32 Å². The van der Waals surface area contributed by atoms with E-state index in [1.807, 2.05) is 13.0 Å². The van der Waals surface area contributed by atoms with Gasteiger partial charge in [0.25, 0.3) is 5.91 Å². The van der Waals surface area contributed by atoms with Crippen LogP contribution in [0.1, 0.15) is 17.3 Å². The lowest BCUT2D eigenvalue weighted by atomic mass is 10.1. The summed E-state index contributed by atoms with van der Waals surface area (Å²) in [7, 11) is 0. The van der Waals surface area contributed by atoms with Crippen molar-refractivity contribution in [2.45, 2.75) is 19.1 Å². The summed E-state index contributed by atoms with van der Waals surface area (Å²) in [4.78, 5) is 24.3. The van der Waals surface area contributed by atoms with Gasteiger partial charge in [0.1, 0.15) is 17.3 Å². The van der Waals surface area contributed by atoms with Crippen molar-refractivity contribution in [2.24, 2.45) is 0 Å². The Bertz CT molecular complexity index is 739. The maximum Gasteiger partial charge on any atom is 0.349 e. The standard InChI is InChI=1S/C16H17NO5/c1-2-21-14-9-20-8-12(14)17-15(18)11-7-10-5-3-4-6-13(10)22-16(11)19/h3-7,12,14H,2,8-9H2,1H3,(H,17,18)/t12-,14-/m1/s1. The molecule has 0 saturated carbocycles. The van der Waals surface area contributed by atoms with Crippen molar-refractivity contribution in [1.29, 1.82) is 0 Å². The van der Waals surface area contributed by atoms with E-state index >= 15 is 0 Å². The molecule has 2 atom stereocenters. The van der Waals surface area contributed by atoms with E-state index in [0.29, 0.717) is 30.8 Å². The molecular weight excluding hydrogens is 286 g/mol. The highest BCUT2D eigenvalue weighted by Gasteiger charge is 2.31. The molecule has 6 nitrogen and oxygen atoms in total. The van der Waals surface area contributed by atoms with E-state index in [4.69, 9.17) is 13.9 Å². The van der Waals surface area contributed by atoms with Crippen molar-refractivity contribution < 1.29 is 18.7 Å². The number of ether oxygens (including phenoxy) is 2. The van der Waals surface area contributed by atoms with Crippen molar-refractivity contribution in [3.63, 3.8) is 0 Å². The highest BCUT2D eigenvalue weighted by Crippen LogP contribution is 2.14. The normalized spacial score (nSPS) is 21.1. The number of benzene rings is 1. The van der Waals surface area contributed by atoms with E-state index in [2.05, 4.69) is 5.32 Å². The van der Waals surface area contributed by atoms with Crippen LogP contribution in [-0.2, 0) is 9.47 Å². The second kappa shape index (κ2) is 6.29. The minimum absolute atomic E-state index is 0.0131. The highest BCUT2D eigenvalue weighted by molar-refractivity contribution is 5.96. The lowest BCUT2D eigenvalue weighted by Gasteiger charge is -2.18. The molecule has 116 valence electrons. The number of para-hydroxylation sites is 1. The molecule has 22 heavy (non-hydrogen) atoms. The molecular formula is C16H17NO5. The van der Waals surface area contributed by atoms with Crippen LogP contribution >= 0.6 is 0 Å². The van der Waals surface area contributed by atoms with Crippen LogP contribution in [0, 0.1) is 0 Å². The Morgan fingerprint density at radius 3 is 3.00 bits per heavy atom. The third-order valence-corrected chi connectivity index (χ3v) is 3.61. The number of nitrogens with one attached hydrogen (secondary N) is 1. The number of hydrogen-bond acceptors (Lipinski definition) is 5. The molecule has 6 heteroatoms. The SMILES string of the molecule is CCO[C@@H]1COC[C@H]1NC(=O)c1cc2ccccc2oc1=O. The minimum atomic E-state index is -0.650. The fourth-order valence-electron chi connectivity index (χ4n) is 2.51. The van der Waals surface area contributed by atoms with Crippen molar-refractivity contribution in [2.75, 3.05) is 19.8 Å². The predicted molar refractivity (Wildman–Crippen MR) is 80.0 cm³/mol. The fraction of sp³-hybridized carbons (Fsp3) is 0.375. The lowest BCUT2D eigenvalue weighted by Crippen LogP contribution is -2.44. The van der Waals surface area contributed by atoms with Gasteiger partial charge in [0, 0.05) is 12.0 Å². The van der Waals surface area contributed by atoms with Gasteiger partial charge in [-0.05, 0) is 19.1 Å². The van der Waals surface area contributed by atoms with E-state index in [-0.39, 0.29) is 17.7 Å². The van der Waals surface area contributed by atoms with Crippen LogP contribution in [0.5, 0.6) is 0 Å². The monoisotopic (exact) mass is 303 g/mol. The molecule has 1 aliphatic rings. The van der Waals surface area contributed by atoms with Crippen LogP contribution in [-0.4, -0.2) is 37.9 Å². The molecule has 1 aromatic heterocycles. The Morgan fingerprint density at radius 2 is 2.18 bits per heavy atom. The molecule has 0 unspecified atom stereocenters. The van der Waals surface area contributed by atoms with Gasteiger partial charge in [-0.15, -0.1) is 0 Å². The molecule has 1 N–H and O–H groups in total. The number of carbonyl (C=O) groups excluding carboxylic acids is 1. The quantitative estimate of drug-likeness (QED) is 0.862. The van der Waals surface area contributed by atoms with Gasteiger partial charge in [-0.25, -0.2) is 4.79 Å². The number of carbonyl (C=O) groups is 1. The summed E-state index contributed by atoms with van der Waals surface area (Å²) in [5.74, 6) is -0.472. The lowest BCUT2D eigenvalue weighted by molar-refractivity contribution is 0.0402. The molecule has 1 aliphatic heterocycles. The average Bonchev–Trinajstić information content (AvgIpc) is 2.94. The van der Waals surface area contributed by atoms with Gasteiger partial charge in [-0.1, -0.05) is 18.2 Å². The fourth-order valence-corrected chi connectivity index (χ4v) is 2.51. The summed E-state index contributed by atoms with van der Waals surface area (Å²) in [5, 5.41) is 3.49. The molecule has 0 spiro atoms. The van der Waals surface area contributed by atoms with Crippen LogP contribution in [0.25, 0.3) is 11.0 Å². The van der Waals surface area contributed by atoms with Crippen LogP contribution in [0.2, 0.25) is 0 Å². The Morgan fingerprint density at radius 1 is 1.36 bits per heavy atom. The zero-order valence-corrected chi connectivity index (χ0v) is 12.2. The molecule has 1 amide bonds. The van der Waals surface area contributed by atoms with Crippen molar-refractivity contribution >= 4 is 16.9 Å². The summed E-state index contributed by atoms with van der Waals surface area (Å²) in [5.41, 5.74) is -0.204. The van der Waals surface area contributed by atoms with E-state index < -0.39 is 11.5 Å². The molecule has 0 aliphatic carbocycles. The molecule has 1 fully saturated rings. The first-order valence-electron chi connectivity index (χ1n) is 7.22. The molecule has 2 heterocycles. The third kappa shape index (κ3) is 2.88. The third-order valence-electron chi connectivity index (χ3n) is 3.61. The first-order chi connectivity index (χ1) is 10.7. The second-order valence-electron chi connectivity index (χ2n) is 5.10. The number of amides is 1. The number of rotatable bonds is 4. The van der Waals surface area contributed by atoms with Gasteiger partial charge in [-0.2, -0.15) is 0 Å². The van der Waals surface area contributed by atoms with E-state index in [1.165, 1.54) is 0 Å². The van der Waals surface area contributed by atoms with Gasteiger partial charge in [0.15, 0.2) is 0 Å². The minimum Gasteiger partial charge on any atom is -0.422 e. The van der Waals surface area contributed by atoms with E-state index in [1.54, 1.807) is 24.3 Å². The van der Waals surface area contributed by atoms with Crippen molar-refractivity contribution in [3.05, 3.63) is 46.3 Å². The zero-order chi connectivity index (χ0) is 15.5. The van der Waals surface area contributed by atoms with Crippen molar-refractivity contribution in [3.8, 4) is 0 Å². The highest BCUT2D eigenvalue weighted by atomic mass is 16.5. The second-order valence-corrected chi connectivity index (χ2v) is 5.10. The zero-order valence-electron chi connectivity index (χ0n) is 12.2. The largest absolute Gasteiger partial charge is 0.422 e. The summed E-state index contributed by atoms with van der Waals surface area (Å²) in [6.07, 6.45) is -0.193. The van der Waals surface area contributed by atoms with E-state index in [9.17, 15) is 9.59 Å². The van der Waals surface area contributed by atoms with Gasteiger partial charge in [0.2, 0.25) is 0 Å².